The predicted molar refractivity (Wildman–Crippen MR) is 82.7 cm³/mol. The van der Waals surface area contributed by atoms with E-state index in [4.69, 9.17) is 4.74 Å². The molecule has 21 heavy (non-hydrogen) atoms. The van der Waals surface area contributed by atoms with E-state index < -0.39 is 0 Å². The summed E-state index contributed by atoms with van der Waals surface area (Å²) in [6, 6.07) is 3.90. The first-order valence-electron chi connectivity index (χ1n) is 7.72. The van der Waals surface area contributed by atoms with E-state index in [0.29, 0.717) is 6.61 Å². The zero-order valence-electron chi connectivity index (χ0n) is 12.7. The van der Waals surface area contributed by atoms with Gasteiger partial charge in [-0.3, -0.25) is 4.79 Å². The first-order valence-corrected chi connectivity index (χ1v) is 8.54. The minimum absolute atomic E-state index is 0.113. The van der Waals surface area contributed by atoms with E-state index in [2.05, 4.69) is 0 Å². The van der Waals surface area contributed by atoms with Gasteiger partial charge in [-0.05, 0) is 38.8 Å². The van der Waals surface area contributed by atoms with Crippen LogP contribution >= 0.6 is 11.3 Å². The third-order valence-corrected chi connectivity index (χ3v) is 6.03. The van der Waals surface area contributed by atoms with Gasteiger partial charge in [-0.2, -0.15) is 0 Å². The summed E-state index contributed by atoms with van der Waals surface area (Å²) in [7, 11) is 0. The fourth-order valence-electron chi connectivity index (χ4n) is 3.65. The highest BCUT2D eigenvalue weighted by Crippen LogP contribution is 2.51. The molecule has 1 saturated carbocycles. The molecule has 3 rings (SSSR count). The van der Waals surface area contributed by atoms with Gasteiger partial charge in [0.15, 0.2) is 0 Å². The molecule has 2 fully saturated rings. The summed E-state index contributed by atoms with van der Waals surface area (Å²) in [5, 5.41) is 10.2. The van der Waals surface area contributed by atoms with E-state index in [-0.39, 0.29) is 23.5 Å². The number of aliphatic hydroxyl groups is 1. The first kappa shape index (κ1) is 15.0. The van der Waals surface area contributed by atoms with Crippen LogP contribution < -0.4 is 0 Å². The number of likely N-dealkylation sites (tertiary alicyclic amines) is 1. The molecule has 2 aliphatic rings. The number of amides is 1. The van der Waals surface area contributed by atoms with E-state index >= 15 is 0 Å². The zero-order chi connectivity index (χ0) is 15.0. The third kappa shape index (κ3) is 2.51. The van der Waals surface area contributed by atoms with Crippen LogP contribution in [0.1, 0.15) is 40.7 Å². The molecule has 116 valence electrons. The van der Waals surface area contributed by atoms with Crippen LogP contribution in [-0.2, 0) is 4.74 Å². The van der Waals surface area contributed by atoms with Crippen LogP contribution in [0.25, 0.3) is 0 Å². The zero-order valence-corrected chi connectivity index (χ0v) is 13.5. The fourth-order valence-corrected chi connectivity index (χ4v) is 4.48. The number of hydrogen-bond acceptors (Lipinski definition) is 4. The topological polar surface area (TPSA) is 49.8 Å². The van der Waals surface area contributed by atoms with Gasteiger partial charge in [0.05, 0.1) is 17.1 Å². The van der Waals surface area contributed by atoms with Crippen molar-refractivity contribution in [2.45, 2.75) is 45.3 Å². The summed E-state index contributed by atoms with van der Waals surface area (Å²) < 4.78 is 5.76. The lowest BCUT2D eigenvalue weighted by molar-refractivity contribution is -0.207. The molecule has 0 aromatic carbocycles. The van der Waals surface area contributed by atoms with E-state index in [1.165, 1.54) is 0 Å². The molecule has 1 amide bonds. The number of aliphatic hydroxyl groups excluding tert-OH is 1. The smallest absolute Gasteiger partial charge is 0.263 e. The van der Waals surface area contributed by atoms with Crippen molar-refractivity contribution in [3.05, 3.63) is 21.9 Å². The molecule has 2 atom stereocenters. The lowest BCUT2D eigenvalue weighted by atomic mass is 9.58. The van der Waals surface area contributed by atoms with Gasteiger partial charge < -0.3 is 14.7 Å². The number of rotatable bonds is 3. The van der Waals surface area contributed by atoms with Crippen molar-refractivity contribution >= 4 is 17.2 Å². The second-order valence-corrected chi connectivity index (χ2v) is 7.42. The Bertz CT molecular complexity index is 517. The number of nitrogens with zero attached hydrogens (tertiary/aromatic N) is 1. The number of hydrogen-bond donors (Lipinski definition) is 1. The molecular formula is C16H23NO3S. The summed E-state index contributed by atoms with van der Waals surface area (Å²) in [4.78, 5) is 16.4. The Labute approximate surface area is 129 Å². The predicted octanol–water partition coefficient (Wildman–Crippen LogP) is 2.45. The van der Waals surface area contributed by atoms with E-state index in [1.807, 2.05) is 30.9 Å². The van der Waals surface area contributed by atoms with Gasteiger partial charge in [-0.15, -0.1) is 11.3 Å². The minimum Gasteiger partial charge on any atom is -0.392 e. The van der Waals surface area contributed by atoms with Crippen molar-refractivity contribution in [1.29, 1.82) is 0 Å². The van der Waals surface area contributed by atoms with Crippen LogP contribution in [0.2, 0.25) is 0 Å². The van der Waals surface area contributed by atoms with Crippen LogP contribution in [0, 0.1) is 12.3 Å². The minimum atomic E-state index is -0.268. The molecule has 4 nitrogen and oxygen atoms in total. The molecule has 1 saturated heterocycles. The molecule has 5 heteroatoms. The second kappa shape index (κ2) is 5.71. The van der Waals surface area contributed by atoms with Gasteiger partial charge in [-0.1, -0.05) is 0 Å². The number of aryl methyl sites for hydroxylation is 1. The van der Waals surface area contributed by atoms with Gasteiger partial charge >= 0.3 is 0 Å². The average Bonchev–Trinajstić information content (AvgIpc) is 2.93. The lowest BCUT2D eigenvalue weighted by Crippen LogP contribution is -2.62. The Hall–Kier alpha value is -0.910. The standard InChI is InChI=1S/C16H23NO3S/c1-3-20-14-10-13(18)16(14)6-8-17(9-7-16)15(19)12-5-4-11(2)21-12/h4-5,13-14,18H,3,6-10H2,1-2H3/t13-,14+/m1/s1. The lowest BCUT2D eigenvalue weighted by Gasteiger charge is -2.56. The molecule has 2 heterocycles. The largest absolute Gasteiger partial charge is 0.392 e. The molecule has 0 unspecified atom stereocenters. The molecule has 0 bridgehead atoms. The number of thiophene rings is 1. The number of ether oxygens (including phenoxy) is 1. The summed E-state index contributed by atoms with van der Waals surface area (Å²) >= 11 is 1.55. The Morgan fingerprint density at radius 2 is 2.19 bits per heavy atom. The summed E-state index contributed by atoms with van der Waals surface area (Å²) in [5.74, 6) is 0.129. The molecule has 1 aliphatic carbocycles. The molecule has 1 spiro atoms. The average molecular weight is 309 g/mol. The number of carbonyl (C=O) groups is 1. The monoisotopic (exact) mass is 309 g/mol. The molecule has 1 aromatic heterocycles. The Morgan fingerprint density at radius 3 is 2.71 bits per heavy atom. The Kier molecular flexibility index (Phi) is 4.08. The van der Waals surface area contributed by atoms with Crippen molar-refractivity contribution in [1.82, 2.24) is 4.90 Å². The quantitative estimate of drug-likeness (QED) is 0.933. The summed E-state index contributed by atoms with van der Waals surface area (Å²) in [6.07, 6.45) is 2.32. The Balaban J connectivity index is 1.63. The first-order chi connectivity index (χ1) is 10.1. The highest BCUT2D eigenvalue weighted by Gasteiger charge is 2.56. The third-order valence-electron chi connectivity index (χ3n) is 5.04. The van der Waals surface area contributed by atoms with Crippen molar-refractivity contribution in [2.24, 2.45) is 5.41 Å². The van der Waals surface area contributed by atoms with Gasteiger partial charge in [0, 0.05) is 36.4 Å². The molecule has 0 radical (unpaired) electrons. The van der Waals surface area contributed by atoms with Crippen LogP contribution in [0.3, 0.4) is 0 Å². The van der Waals surface area contributed by atoms with Crippen molar-refractivity contribution in [3.63, 3.8) is 0 Å². The van der Waals surface area contributed by atoms with Crippen LogP contribution in [-0.4, -0.2) is 47.8 Å². The normalized spacial score (nSPS) is 27.7. The molecule has 1 aromatic rings. The highest BCUT2D eigenvalue weighted by molar-refractivity contribution is 7.13. The summed E-state index contributed by atoms with van der Waals surface area (Å²) in [5.41, 5.74) is -0.113. The van der Waals surface area contributed by atoms with E-state index in [0.717, 1.165) is 42.1 Å². The Morgan fingerprint density at radius 1 is 1.48 bits per heavy atom. The van der Waals surface area contributed by atoms with E-state index in [9.17, 15) is 9.90 Å². The SMILES string of the molecule is CCO[C@H]1C[C@@H](O)C12CCN(C(=O)c1ccc(C)s1)CC2. The van der Waals surface area contributed by atoms with Crippen LogP contribution in [0.5, 0.6) is 0 Å². The van der Waals surface area contributed by atoms with Gasteiger partial charge in [0.25, 0.3) is 5.91 Å². The number of piperidine rings is 1. The van der Waals surface area contributed by atoms with Gasteiger partial charge in [0.2, 0.25) is 0 Å². The van der Waals surface area contributed by atoms with E-state index in [1.54, 1.807) is 11.3 Å². The van der Waals surface area contributed by atoms with Crippen molar-refractivity contribution < 1.29 is 14.6 Å². The number of carbonyl (C=O) groups excluding carboxylic acids is 1. The molecule has 1 N–H and O–H groups in total. The second-order valence-electron chi connectivity index (χ2n) is 6.13. The molecule has 1 aliphatic heterocycles. The maximum absolute atomic E-state index is 12.5. The van der Waals surface area contributed by atoms with Crippen molar-refractivity contribution in [2.75, 3.05) is 19.7 Å². The molecular weight excluding hydrogens is 286 g/mol. The van der Waals surface area contributed by atoms with Gasteiger partial charge in [0.1, 0.15) is 0 Å². The highest BCUT2D eigenvalue weighted by atomic mass is 32.1. The maximum atomic E-state index is 12.5. The summed E-state index contributed by atoms with van der Waals surface area (Å²) in [6.45, 7) is 6.14. The van der Waals surface area contributed by atoms with Crippen molar-refractivity contribution in [3.8, 4) is 0 Å². The van der Waals surface area contributed by atoms with Crippen LogP contribution in [0.4, 0.5) is 0 Å². The van der Waals surface area contributed by atoms with Gasteiger partial charge in [-0.25, -0.2) is 0 Å². The fraction of sp³-hybridized carbons (Fsp3) is 0.688. The van der Waals surface area contributed by atoms with Crippen LogP contribution in [0.15, 0.2) is 12.1 Å². The maximum Gasteiger partial charge on any atom is 0.263 e.